The topological polar surface area (TPSA) is 79.7 Å². The second-order valence-corrected chi connectivity index (χ2v) is 6.87. The maximum atomic E-state index is 4.63. The fraction of sp³-hybridized carbons (Fsp3) is 0.350. The monoisotopic (exact) mass is 361 g/mol. The summed E-state index contributed by atoms with van der Waals surface area (Å²) in [7, 11) is 0. The highest BCUT2D eigenvalue weighted by Gasteiger charge is 2.23. The first kappa shape index (κ1) is 17.5. The van der Waals surface area contributed by atoms with E-state index in [0.717, 1.165) is 43.9 Å². The zero-order valence-corrected chi connectivity index (χ0v) is 15.4. The van der Waals surface area contributed by atoms with Crippen LogP contribution in [-0.2, 0) is 6.54 Å². The minimum Gasteiger partial charge on any atom is -0.307 e. The van der Waals surface area contributed by atoms with Gasteiger partial charge in [0.15, 0.2) is 5.82 Å². The van der Waals surface area contributed by atoms with Gasteiger partial charge in [0.2, 0.25) is 5.95 Å². The molecule has 0 aromatic carbocycles. The number of hydrogen-bond acceptors (Lipinski definition) is 7. The van der Waals surface area contributed by atoms with Gasteiger partial charge in [-0.05, 0) is 44.0 Å². The molecule has 27 heavy (non-hydrogen) atoms. The van der Waals surface area contributed by atoms with Crippen LogP contribution in [0, 0.1) is 6.92 Å². The third kappa shape index (κ3) is 4.43. The molecule has 1 atom stereocenters. The van der Waals surface area contributed by atoms with Crippen molar-refractivity contribution in [2.24, 2.45) is 0 Å². The summed E-state index contributed by atoms with van der Waals surface area (Å²) in [5.74, 6) is 1.58. The van der Waals surface area contributed by atoms with Gasteiger partial charge in [0, 0.05) is 37.6 Å². The Labute approximate surface area is 159 Å². The first-order chi connectivity index (χ1) is 13.3. The Morgan fingerprint density at radius 3 is 2.67 bits per heavy atom. The molecular weight excluding hydrogens is 338 g/mol. The number of pyridine rings is 1. The number of nitrogens with zero attached hydrogens (tertiary/aromatic N) is 6. The molecule has 0 aliphatic carbocycles. The molecule has 138 valence electrons. The Morgan fingerprint density at radius 1 is 1.04 bits per heavy atom. The minimum absolute atomic E-state index is 0.400. The van der Waals surface area contributed by atoms with Crippen molar-refractivity contribution < 1.29 is 0 Å². The molecule has 4 rings (SSSR count). The number of aryl methyl sites for hydroxylation is 1. The lowest BCUT2D eigenvalue weighted by atomic mass is 9.95. The lowest BCUT2D eigenvalue weighted by molar-refractivity contribution is 0.196. The van der Waals surface area contributed by atoms with E-state index in [2.05, 4.69) is 48.1 Å². The van der Waals surface area contributed by atoms with Crippen LogP contribution in [0.4, 0.5) is 11.8 Å². The third-order valence-corrected chi connectivity index (χ3v) is 4.89. The van der Waals surface area contributed by atoms with Gasteiger partial charge in [-0.15, -0.1) is 0 Å². The number of nitrogens with one attached hydrogen (secondary N) is 1. The Balaban J connectivity index is 1.40. The van der Waals surface area contributed by atoms with Gasteiger partial charge in [-0.2, -0.15) is 0 Å². The van der Waals surface area contributed by atoms with Crippen LogP contribution in [0.25, 0.3) is 0 Å². The van der Waals surface area contributed by atoms with Crippen molar-refractivity contribution in [2.45, 2.75) is 32.2 Å². The molecule has 7 heteroatoms. The van der Waals surface area contributed by atoms with Gasteiger partial charge in [-0.1, -0.05) is 6.07 Å². The summed E-state index contributed by atoms with van der Waals surface area (Å²) in [4.78, 5) is 24.4. The van der Waals surface area contributed by atoms with E-state index >= 15 is 0 Å². The molecule has 7 nitrogen and oxygen atoms in total. The van der Waals surface area contributed by atoms with E-state index in [1.54, 1.807) is 24.7 Å². The van der Waals surface area contributed by atoms with Gasteiger partial charge in [0.25, 0.3) is 0 Å². The number of anilines is 2. The molecule has 1 N–H and O–H groups in total. The van der Waals surface area contributed by atoms with Crippen LogP contribution in [-0.4, -0.2) is 42.9 Å². The summed E-state index contributed by atoms with van der Waals surface area (Å²) in [6, 6.07) is 5.89. The van der Waals surface area contributed by atoms with Gasteiger partial charge in [0.05, 0.1) is 23.8 Å². The Morgan fingerprint density at radius 2 is 1.89 bits per heavy atom. The molecule has 0 bridgehead atoms. The minimum atomic E-state index is 0.400. The second-order valence-electron chi connectivity index (χ2n) is 6.87. The average Bonchev–Trinajstić information content (AvgIpc) is 2.71. The summed E-state index contributed by atoms with van der Waals surface area (Å²) < 4.78 is 0. The Kier molecular flexibility index (Phi) is 5.29. The summed E-state index contributed by atoms with van der Waals surface area (Å²) in [5, 5.41) is 3.07. The van der Waals surface area contributed by atoms with Crippen molar-refractivity contribution in [2.75, 3.05) is 18.4 Å². The molecule has 0 unspecified atom stereocenters. The summed E-state index contributed by atoms with van der Waals surface area (Å²) in [5.41, 5.74) is 3.45. The van der Waals surface area contributed by atoms with E-state index < -0.39 is 0 Å². The predicted octanol–water partition coefficient (Wildman–Crippen LogP) is 3.09. The number of hydrogen-bond donors (Lipinski definition) is 1. The Hall–Kier alpha value is -2.93. The van der Waals surface area contributed by atoms with Gasteiger partial charge in [0.1, 0.15) is 0 Å². The molecule has 1 fully saturated rings. The highest BCUT2D eigenvalue weighted by molar-refractivity contribution is 5.45. The molecule has 1 aliphatic rings. The number of rotatable bonds is 5. The average molecular weight is 361 g/mol. The van der Waals surface area contributed by atoms with Crippen LogP contribution in [0.2, 0.25) is 0 Å². The SMILES string of the molecule is Cc1cccnc1CN1CCC[C@H](c2cnc(Nc3ncccn3)cn2)C1. The smallest absolute Gasteiger partial charge is 0.228 e. The van der Waals surface area contributed by atoms with Crippen LogP contribution >= 0.6 is 0 Å². The lowest BCUT2D eigenvalue weighted by Gasteiger charge is -2.32. The highest BCUT2D eigenvalue weighted by Crippen LogP contribution is 2.26. The van der Waals surface area contributed by atoms with E-state index in [-0.39, 0.29) is 0 Å². The van der Waals surface area contributed by atoms with Crippen LogP contribution < -0.4 is 5.32 Å². The molecule has 4 heterocycles. The second kappa shape index (κ2) is 8.18. The molecule has 1 saturated heterocycles. The standard InChI is InChI=1S/C20H23N7/c1-15-5-2-7-21-18(15)14-27-10-3-6-16(13-27)17-11-25-19(12-24-17)26-20-22-8-4-9-23-20/h2,4-5,7-9,11-12,16H,3,6,10,13-14H2,1H3,(H,22,23,25,26)/t16-/m0/s1. The molecular formula is C20H23N7. The number of aromatic nitrogens is 5. The van der Waals surface area contributed by atoms with Gasteiger partial charge in [-0.25, -0.2) is 15.0 Å². The fourth-order valence-electron chi connectivity index (χ4n) is 3.43. The molecule has 0 spiro atoms. The molecule has 0 radical (unpaired) electrons. The first-order valence-electron chi connectivity index (χ1n) is 9.27. The van der Waals surface area contributed by atoms with Crippen molar-refractivity contribution in [3.05, 3.63) is 66.1 Å². The van der Waals surface area contributed by atoms with Crippen molar-refractivity contribution in [3.8, 4) is 0 Å². The number of piperidine rings is 1. The quantitative estimate of drug-likeness (QED) is 0.748. The van der Waals surface area contributed by atoms with Gasteiger partial charge < -0.3 is 5.32 Å². The zero-order valence-electron chi connectivity index (χ0n) is 15.4. The number of likely N-dealkylation sites (tertiary alicyclic amines) is 1. The van der Waals surface area contributed by atoms with Crippen molar-refractivity contribution in [1.82, 2.24) is 29.8 Å². The Bertz CT molecular complexity index is 867. The molecule has 0 amide bonds. The van der Waals surface area contributed by atoms with Gasteiger partial charge in [-0.3, -0.25) is 14.9 Å². The van der Waals surface area contributed by atoms with E-state index in [0.29, 0.717) is 17.7 Å². The molecule has 3 aromatic rings. The van der Waals surface area contributed by atoms with Crippen LogP contribution in [0.1, 0.15) is 35.7 Å². The summed E-state index contributed by atoms with van der Waals surface area (Å²) >= 11 is 0. The summed E-state index contributed by atoms with van der Waals surface area (Å²) in [6.45, 7) is 5.10. The highest BCUT2D eigenvalue weighted by atomic mass is 15.2. The largest absolute Gasteiger partial charge is 0.307 e. The van der Waals surface area contributed by atoms with Crippen molar-refractivity contribution >= 4 is 11.8 Å². The normalized spacial score (nSPS) is 17.6. The molecule has 3 aromatic heterocycles. The van der Waals surface area contributed by atoms with E-state index in [9.17, 15) is 0 Å². The third-order valence-electron chi connectivity index (χ3n) is 4.89. The van der Waals surface area contributed by atoms with Crippen molar-refractivity contribution in [3.63, 3.8) is 0 Å². The molecule has 0 saturated carbocycles. The molecule has 1 aliphatic heterocycles. The van der Waals surface area contributed by atoms with Crippen LogP contribution in [0.3, 0.4) is 0 Å². The van der Waals surface area contributed by atoms with Crippen LogP contribution in [0.5, 0.6) is 0 Å². The maximum Gasteiger partial charge on any atom is 0.228 e. The summed E-state index contributed by atoms with van der Waals surface area (Å²) in [6.07, 6.45) is 11.2. The van der Waals surface area contributed by atoms with Gasteiger partial charge >= 0.3 is 0 Å². The lowest BCUT2D eigenvalue weighted by Crippen LogP contribution is -2.34. The van der Waals surface area contributed by atoms with E-state index in [4.69, 9.17) is 0 Å². The zero-order chi connectivity index (χ0) is 18.5. The van der Waals surface area contributed by atoms with Crippen molar-refractivity contribution in [1.29, 1.82) is 0 Å². The maximum absolute atomic E-state index is 4.63. The fourth-order valence-corrected chi connectivity index (χ4v) is 3.43. The van der Waals surface area contributed by atoms with E-state index in [1.807, 2.05) is 18.5 Å². The van der Waals surface area contributed by atoms with Crippen LogP contribution in [0.15, 0.2) is 49.2 Å². The first-order valence-corrected chi connectivity index (χ1v) is 9.27. The van der Waals surface area contributed by atoms with E-state index in [1.165, 1.54) is 5.56 Å². The predicted molar refractivity (Wildman–Crippen MR) is 104 cm³/mol.